The van der Waals surface area contributed by atoms with E-state index in [1.54, 1.807) is 0 Å². The smallest absolute Gasteiger partial charge is 0.0547 e. The van der Waals surface area contributed by atoms with E-state index in [4.69, 9.17) is 0 Å². The molecule has 50 heavy (non-hydrogen) atoms. The molecule has 0 saturated carbocycles. The number of fused-ring (bicyclic) bond motifs is 6. The van der Waals surface area contributed by atoms with Gasteiger partial charge in [-0.15, -0.1) is 0 Å². The number of nitrogens with zero attached hydrogens (tertiary/aromatic N) is 2. The van der Waals surface area contributed by atoms with Crippen LogP contribution in [0.25, 0.3) is 88.4 Å². The lowest BCUT2D eigenvalue weighted by Crippen LogP contribution is -1.98. The number of benzene rings is 8. The van der Waals surface area contributed by atoms with Gasteiger partial charge in [0, 0.05) is 32.8 Å². The Bertz CT molecular complexity index is 2740. The van der Waals surface area contributed by atoms with Gasteiger partial charge in [-0.2, -0.15) is 0 Å². The molecule has 0 aliphatic rings. The van der Waals surface area contributed by atoms with Crippen LogP contribution < -0.4 is 0 Å². The van der Waals surface area contributed by atoms with E-state index in [1.807, 2.05) is 0 Å². The Balaban J connectivity index is 1.32. The molecule has 0 bridgehead atoms. The predicted molar refractivity (Wildman–Crippen MR) is 211 cm³/mol. The first-order valence-electron chi connectivity index (χ1n) is 17.2. The Morgan fingerprint density at radius 3 is 1.32 bits per heavy atom. The van der Waals surface area contributed by atoms with E-state index < -0.39 is 0 Å². The first-order valence-corrected chi connectivity index (χ1v) is 17.2. The summed E-state index contributed by atoms with van der Waals surface area (Å²) in [5.41, 5.74) is 14.4. The zero-order valence-corrected chi connectivity index (χ0v) is 27.4. The standard InChI is InChI=1S/C48H32N2/c1-4-17-33(18-5-1)36-25-14-31-44-47(36)48-37(34-19-6-2-7-20-34)26-15-32-45(48)50(44)41-28-12-10-23-38(41)39-27-16-30-43-46(39)40-24-11-13-29-42(40)49(43)35-21-8-3-9-22-35/h1-32H. The van der Waals surface area contributed by atoms with E-state index in [9.17, 15) is 0 Å². The van der Waals surface area contributed by atoms with E-state index in [0.29, 0.717) is 0 Å². The molecule has 0 aliphatic carbocycles. The van der Waals surface area contributed by atoms with Crippen molar-refractivity contribution < 1.29 is 0 Å². The van der Waals surface area contributed by atoms with Crippen molar-refractivity contribution in [2.75, 3.05) is 0 Å². The SMILES string of the molecule is c1ccc(-c2cccc3c2c2c(-c4ccccc4)cccc2n3-c2ccccc2-c2cccc3c2c2ccccc2n3-c2ccccc2)cc1. The van der Waals surface area contributed by atoms with Gasteiger partial charge in [0.1, 0.15) is 0 Å². The van der Waals surface area contributed by atoms with Gasteiger partial charge in [0.05, 0.1) is 27.8 Å². The van der Waals surface area contributed by atoms with E-state index in [1.165, 1.54) is 77.0 Å². The van der Waals surface area contributed by atoms with Crippen molar-refractivity contribution in [2.24, 2.45) is 0 Å². The minimum atomic E-state index is 1.16. The Kier molecular flexibility index (Phi) is 6.53. The van der Waals surface area contributed by atoms with Crippen LogP contribution in [0.5, 0.6) is 0 Å². The molecule has 0 fully saturated rings. The van der Waals surface area contributed by atoms with Gasteiger partial charge < -0.3 is 9.13 Å². The van der Waals surface area contributed by atoms with Crippen LogP contribution in [0.4, 0.5) is 0 Å². The van der Waals surface area contributed by atoms with Crippen LogP contribution in [-0.2, 0) is 0 Å². The maximum atomic E-state index is 2.49. The molecule has 0 aliphatic heterocycles. The number of hydrogen-bond donors (Lipinski definition) is 0. The first-order chi connectivity index (χ1) is 24.9. The molecule has 2 heteroatoms. The number of hydrogen-bond acceptors (Lipinski definition) is 0. The van der Waals surface area contributed by atoms with Crippen LogP contribution in [0, 0.1) is 0 Å². The molecule has 0 saturated heterocycles. The highest BCUT2D eigenvalue weighted by molar-refractivity contribution is 6.21. The molecule has 2 aromatic heterocycles. The molecule has 0 radical (unpaired) electrons. The summed E-state index contributed by atoms with van der Waals surface area (Å²) in [6.07, 6.45) is 0. The molecule has 10 rings (SSSR count). The monoisotopic (exact) mass is 636 g/mol. The molecule has 0 amide bonds. The maximum absolute atomic E-state index is 2.49. The van der Waals surface area contributed by atoms with Crippen LogP contribution in [0.3, 0.4) is 0 Å². The minimum absolute atomic E-state index is 1.16. The molecular weight excluding hydrogens is 605 g/mol. The fourth-order valence-corrected chi connectivity index (χ4v) is 8.08. The number of aromatic nitrogens is 2. The van der Waals surface area contributed by atoms with Crippen molar-refractivity contribution in [2.45, 2.75) is 0 Å². The number of para-hydroxylation sites is 3. The highest BCUT2D eigenvalue weighted by Crippen LogP contribution is 2.46. The van der Waals surface area contributed by atoms with Gasteiger partial charge in [-0.05, 0) is 70.3 Å². The molecule has 234 valence electrons. The van der Waals surface area contributed by atoms with Gasteiger partial charge in [0.2, 0.25) is 0 Å². The van der Waals surface area contributed by atoms with Gasteiger partial charge in [0.25, 0.3) is 0 Å². The van der Waals surface area contributed by atoms with Crippen LogP contribution in [-0.4, -0.2) is 9.13 Å². The van der Waals surface area contributed by atoms with Gasteiger partial charge in [-0.25, -0.2) is 0 Å². The van der Waals surface area contributed by atoms with Crippen LogP contribution in [0.2, 0.25) is 0 Å². The Morgan fingerprint density at radius 2 is 0.700 bits per heavy atom. The molecular formula is C48H32N2. The molecule has 0 spiro atoms. The molecule has 8 aromatic carbocycles. The average Bonchev–Trinajstić information content (AvgIpc) is 3.72. The molecule has 2 nitrogen and oxygen atoms in total. The second-order valence-electron chi connectivity index (χ2n) is 12.9. The van der Waals surface area contributed by atoms with Gasteiger partial charge >= 0.3 is 0 Å². The van der Waals surface area contributed by atoms with E-state index in [0.717, 1.165) is 11.4 Å². The Labute approximate surface area is 290 Å². The lowest BCUT2D eigenvalue weighted by atomic mass is 9.95. The summed E-state index contributed by atoms with van der Waals surface area (Å²) in [6.45, 7) is 0. The average molecular weight is 637 g/mol. The summed E-state index contributed by atoms with van der Waals surface area (Å²) in [5.74, 6) is 0. The molecule has 0 unspecified atom stereocenters. The molecule has 10 aromatic rings. The summed E-state index contributed by atoms with van der Waals surface area (Å²) in [5, 5.41) is 5.04. The van der Waals surface area contributed by atoms with Crippen molar-refractivity contribution in [3.05, 3.63) is 194 Å². The second-order valence-corrected chi connectivity index (χ2v) is 12.9. The topological polar surface area (TPSA) is 9.86 Å². The fourth-order valence-electron chi connectivity index (χ4n) is 8.08. The van der Waals surface area contributed by atoms with Gasteiger partial charge in [0.15, 0.2) is 0 Å². The lowest BCUT2D eigenvalue weighted by molar-refractivity contribution is 1.18. The number of rotatable bonds is 5. The third-order valence-corrected chi connectivity index (χ3v) is 10.1. The molecule has 2 heterocycles. The van der Waals surface area contributed by atoms with E-state index in [2.05, 4.69) is 203 Å². The normalized spacial score (nSPS) is 11.6. The summed E-state index contributed by atoms with van der Waals surface area (Å²) in [4.78, 5) is 0. The summed E-state index contributed by atoms with van der Waals surface area (Å²) in [6, 6.07) is 70.3. The maximum Gasteiger partial charge on any atom is 0.0547 e. The summed E-state index contributed by atoms with van der Waals surface area (Å²) in [7, 11) is 0. The summed E-state index contributed by atoms with van der Waals surface area (Å²) >= 11 is 0. The van der Waals surface area contributed by atoms with Gasteiger partial charge in [-0.3, -0.25) is 0 Å². The van der Waals surface area contributed by atoms with Crippen molar-refractivity contribution >= 4 is 43.6 Å². The largest absolute Gasteiger partial charge is 0.309 e. The predicted octanol–water partition coefficient (Wildman–Crippen LogP) is 12.9. The third kappa shape index (κ3) is 4.29. The van der Waals surface area contributed by atoms with Crippen LogP contribution >= 0.6 is 0 Å². The summed E-state index contributed by atoms with van der Waals surface area (Å²) < 4.78 is 4.89. The second kappa shape index (κ2) is 11.5. The zero-order chi connectivity index (χ0) is 33.0. The van der Waals surface area contributed by atoms with Crippen molar-refractivity contribution in [3.63, 3.8) is 0 Å². The van der Waals surface area contributed by atoms with Crippen molar-refractivity contribution in [1.82, 2.24) is 9.13 Å². The Hall–Kier alpha value is -6.64. The first kappa shape index (κ1) is 28.4. The van der Waals surface area contributed by atoms with E-state index >= 15 is 0 Å². The molecule has 0 atom stereocenters. The highest BCUT2D eigenvalue weighted by atomic mass is 15.0. The van der Waals surface area contributed by atoms with E-state index in [-0.39, 0.29) is 0 Å². The van der Waals surface area contributed by atoms with Crippen LogP contribution in [0.15, 0.2) is 194 Å². The fraction of sp³-hybridized carbons (Fsp3) is 0. The van der Waals surface area contributed by atoms with Crippen molar-refractivity contribution in [3.8, 4) is 44.8 Å². The zero-order valence-electron chi connectivity index (χ0n) is 27.4. The lowest BCUT2D eigenvalue weighted by Gasteiger charge is -2.16. The third-order valence-electron chi connectivity index (χ3n) is 10.1. The van der Waals surface area contributed by atoms with Gasteiger partial charge in [-0.1, -0.05) is 152 Å². The molecule has 0 N–H and O–H groups in total. The quantitative estimate of drug-likeness (QED) is 0.178. The van der Waals surface area contributed by atoms with Crippen molar-refractivity contribution in [1.29, 1.82) is 0 Å². The Morgan fingerprint density at radius 1 is 0.260 bits per heavy atom. The minimum Gasteiger partial charge on any atom is -0.309 e. The highest BCUT2D eigenvalue weighted by Gasteiger charge is 2.22. The van der Waals surface area contributed by atoms with Crippen LogP contribution in [0.1, 0.15) is 0 Å².